The zero-order valence-corrected chi connectivity index (χ0v) is 13.1. The lowest BCUT2D eigenvalue weighted by Gasteiger charge is -2.00. The van der Waals surface area contributed by atoms with Gasteiger partial charge in [-0.15, -0.1) is 13.2 Å². The molecule has 112 valence electrons. The van der Waals surface area contributed by atoms with Gasteiger partial charge in [0.25, 0.3) is 0 Å². The first-order chi connectivity index (χ1) is 8.99. The van der Waals surface area contributed by atoms with Gasteiger partial charge in [-0.1, -0.05) is 32.4 Å². The summed E-state index contributed by atoms with van der Waals surface area (Å²) in [7, 11) is -1.71. The minimum atomic E-state index is -4.16. The Kier molecular flexibility index (Phi) is 5.90. The third-order valence-corrected chi connectivity index (χ3v) is 5.44. The maximum Gasteiger partial charge on any atom is 0.600 e. The largest absolute Gasteiger partial charge is 1.00 e. The number of hydrogen-bond acceptors (Lipinski definition) is 0. The molecule has 5 heteroatoms. The fraction of sp³-hybridized carbons (Fsp3) is 0.467. The molecule has 0 nitrogen and oxygen atoms in total. The van der Waals surface area contributed by atoms with E-state index >= 15 is 0 Å². The van der Waals surface area contributed by atoms with Crippen molar-refractivity contribution in [2.24, 2.45) is 0 Å². The molecule has 1 aromatic heterocycles. The van der Waals surface area contributed by atoms with Crippen LogP contribution in [0.1, 0.15) is 37.1 Å². The molecule has 0 amide bonds. The van der Waals surface area contributed by atoms with Gasteiger partial charge in [0.15, 0.2) is 9.58 Å². The first kappa shape index (κ1) is 17.3. The van der Waals surface area contributed by atoms with E-state index in [-0.39, 0.29) is 12.4 Å². The number of halogens is 4. The zero-order valence-electron chi connectivity index (χ0n) is 11.6. The van der Waals surface area contributed by atoms with Gasteiger partial charge in [-0.3, -0.25) is 0 Å². The monoisotopic (exact) mass is 322 g/mol. The summed E-state index contributed by atoms with van der Waals surface area (Å²) >= 11 is 0. The number of aryl methyl sites for hydroxylation is 2. The molecule has 20 heavy (non-hydrogen) atoms. The molecule has 1 aromatic carbocycles. The Morgan fingerprint density at radius 2 is 1.85 bits per heavy atom. The number of unbranched alkanes of at least 4 members (excludes halogenated alkanes) is 1. The van der Waals surface area contributed by atoms with E-state index in [0.29, 0.717) is 16.0 Å². The van der Waals surface area contributed by atoms with Crippen LogP contribution in [0.15, 0.2) is 24.3 Å². The molecule has 0 saturated heterocycles. The van der Waals surface area contributed by atoms with Gasteiger partial charge < -0.3 is 12.4 Å². The van der Waals surface area contributed by atoms with Crippen LogP contribution in [0.25, 0.3) is 10.1 Å². The maximum absolute atomic E-state index is 13.3. The van der Waals surface area contributed by atoms with Crippen LogP contribution in [0.4, 0.5) is 13.2 Å². The molecule has 0 aliphatic carbocycles. The van der Waals surface area contributed by atoms with Gasteiger partial charge in [0.05, 0.1) is 10.5 Å². The van der Waals surface area contributed by atoms with Gasteiger partial charge in [0.1, 0.15) is 0 Å². The number of alkyl halides is 3. The van der Waals surface area contributed by atoms with Gasteiger partial charge in [-0.2, -0.15) is 0 Å². The van der Waals surface area contributed by atoms with E-state index in [0.717, 1.165) is 30.2 Å². The van der Waals surface area contributed by atoms with Gasteiger partial charge in [0, 0.05) is 17.9 Å². The molecule has 1 unspecified atom stereocenters. The lowest BCUT2D eigenvalue weighted by atomic mass is 10.1. The van der Waals surface area contributed by atoms with E-state index in [1.54, 1.807) is 18.2 Å². The molecule has 1 atom stereocenters. The summed E-state index contributed by atoms with van der Waals surface area (Å²) < 4.78 is 40.4. The highest BCUT2D eigenvalue weighted by Gasteiger charge is 2.47. The second-order valence-electron chi connectivity index (χ2n) is 4.65. The first-order valence-corrected chi connectivity index (χ1v) is 7.85. The van der Waals surface area contributed by atoms with Crippen LogP contribution in [0, 0.1) is 0 Å². The van der Waals surface area contributed by atoms with Gasteiger partial charge >= 0.3 is 5.51 Å². The molecule has 0 N–H and O–H groups in total. The number of fused-ring (bicyclic) bond motifs is 1. The fourth-order valence-corrected chi connectivity index (χ4v) is 4.44. The Morgan fingerprint density at radius 3 is 2.40 bits per heavy atom. The molecule has 0 aliphatic rings. The van der Waals surface area contributed by atoms with Crippen molar-refractivity contribution in [3.8, 4) is 0 Å². The molecule has 0 spiro atoms. The molecule has 0 radical (unpaired) electrons. The average molecular weight is 323 g/mol. The summed E-state index contributed by atoms with van der Waals surface area (Å²) in [6, 6.07) is 7.11. The third kappa shape index (κ3) is 3.29. The highest BCUT2D eigenvalue weighted by atomic mass is 35.5. The molecular formula is C15H18ClF3S. The fourth-order valence-electron chi connectivity index (χ4n) is 2.40. The van der Waals surface area contributed by atoms with E-state index in [2.05, 4.69) is 0 Å². The molecule has 0 aliphatic heterocycles. The van der Waals surface area contributed by atoms with E-state index in [9.17, 15) is 13.2 Å². The van der Waals surface area contributed by atoms with E-state index in [4.69, 9.17) is 0 Å². The summed E-state index contributed by atoms with van der Waals surface area (Å²) in [4.78, 5) is 0.560. The predicted octanol–water partition coefficient (Wildman–Crippen LogP) is 2.97. The van der Waals surface area contributed by atoms with Crippen LogP contribution in [-0.4, -0.2) is 0 Å². The van der Waals surface area contributed by atoms with E-state index in [1.165, 1.54) is 0 Å². The highest BCUT2D eigenvalue weighted by molar-refractivity contribution is 7.38. The van der Waals surface area contributed by atoms with Crippen molar-refractivity contribution in [2.75, 3.05) is 0 Å². The van der Waals surface area contributed by atoms with Gasteiger partial charge in [-0.05, 0) is 24.5 Å². The zero-order chi connectivity index (χ0) is 14.0. The highest BCUT2D eigenvalue weighted by Crippen LogP contribution is 2.51. The van der Waals surface area contributed by atoms with E-state index in [1.807, 2.05) is 19.9 Å². The quantitative estimate of drug-likeness (QED) is 0.759. The molecule has 1 heterocycles. The lowest BCUT2D eigenvalue weighted by molar-refractivity contribution is -0.0867. The molecule has 0 fully saturated rings. The molecular weight excluding hydrogens is 305 g/mol. The summed E-state index contributed by atoms with van der Waals surface area (Å²) in [6.45, 7) is 3.99. The van der Waals surface area contributed by atoms with Crippen molar-refractivity contribution in [3.63, 3.8) is 0 Å². The van der Waals surface area contributed by atoms with E-state index < -0.39 is 16.0 Å². The Labute approximate surface area is 126 Å². The second-order valence-corrected chi connectivity index (χ2v) is 6.69. The van der Waals surface area contributed by atoms with Crippen molar-refractivity contribution in [1.82, 2.24) is 0 Å². The number of rotatable bonds is 4. The number of benzene rings is 1. The predicted molar refractivity (Wildman–Crippen MR) is 75.7 cm³/mol. The maximum atomic E-state index is 13.3. The summed E-state index contributed by atoms with van der Waals surface area (Å²) in [6.07, 6.45) is 3.07. The van der Waals surface area contributed by atoms with Crippen LogP contribution in [0.2, 0.25) is 0 Å². The molecule has 0 bridgehead atoms. The minimum Gasteiger partial charge on any atom is -1.00 e. The number of thiophene rings is 1. The summed E-state index contributed by atoms with van der Waals surface area (Å²) in [5, 5.41) is 0.816. The first-order valence-electron chi connectivity index (χ1n) is 6.62. The molecule has 0 saturated carbocycles. The van der Waals surface area contributed by atoms with Crippen LogP contribution < -0.4 is 12.4 Å². The average Bonchev–Trinajstić information content (AvgIpc) is 2.73. The van der Waals surface area contributed by atoms with Crippen LogP contribution >= 0.6 is 10.5 Å². The minimum absolute atomic E-state index is 0. The topological polar surface area (TPSA) is 0 Å². The third-order valence-electron chi connectivity index (χ3n) is 3.33. The van der Waals surface area contributed by atoms with Crippen molar-refractivity contribution >= 4 is 20.6 Å². The Bertz CT molecular complexity index is 572. The second kappa shape index (κ2) is 6.81. The molecule has 2 rings (SSSR count). The lowest BCUT2D eigenvalue weighted by Crippen LogP contribution is -3.00. The standard InChI is InChI=1S/C15H18F3S.ClH/c1-3-5-8-12-10-13-11(4-2)7-6-9-14(13)19(12)15(16,17)18;/h6-7,9-10H,3-5,8H2,1-2H3;1H/q+1;/p-1. The van der Waals surface area contributed by atoms with Crippen molar-refractivity contribution in [1.29, 1.82) is 0 Å². The Balaban J connectivity index is 0.00000200. The van der Waals surface area contributed by atoms with Crippen LogP contribution in [0.3, 0.4) is 0 Å². The summed E-state index contributed by atoms with van der Waals surface area (Å²) in [5.74, 6) is 0. The van der Waals surface area contributed by atoms with Crippen LogP contribution in [-0.2, 0) is 18.3 Å². The van der Waals surface area contributed by atoms with Crippen molar-refractivity contribution in [3.05, 3.63) is 34.7 Å². The Morgan fingerprint density at radius 1 is 1.15 bits per heavy atom. The normalized spacial score (nSPS) is 12.6. The van der Waals surface area contributed by atoms with Gasteiger partial charge in [0.2, 0.25) is 0 Å². The van der Waals surface area contributed by atoms with Gasteiger partial charge in [-0.25, -0.2) is 0 Å². The Hall–Kier alpha value is -0.740. The smallest absolute Gasteiger partial charge is 0.600 e. The van der Waals surface area contributed by atoms with Crippen molar-refractivity contribution < 1.29 is 25.6 Å². The van der Waals surface area contributed by atoms with Crippen molar-refractivity contribution in [2.45, 2.75) is 45.0 Å². The van der Waals surface area contributed by atoms with Crippen LogP contribution in [0.5, 0.6) is 0 Å². The SMILES string of the molecule is CCCCc1cc2c(CC)cccc2[s+]1C(F)(F)F.[Cl-]. The molecule has 2 aromatic rings. The number of hydrogen-bond donors (Lipinski definition) is 0. The summed E-state index contributed by atoms with van der Waals surface area (Å²) in [5.41, 5.74) is -3.14.